The van der Waals surface area contributed by atoms with E-state index in [-0.39, 0.29) is 5.41 Å². The van der Waals surface area contributed by atoms with Crippen LogP contribution in [0.1, 0.15) is 34.6 Å². The average molecular weight is 172 g/mol. The molecule has 11 heavy (non-hydrogen) atoms. The monoisotopic (exact) mass is 172 g/mol. The Hall–Kier alpha value is 0.0900. The largest absolute Gasteiger partial charge is 0.176 e. The SMILES string of the molecule is C=C(C)C(C)(C)C(C)C(C)S. The first-order valence-electron chi connectivity index (χ1n) is 4.14. The Labute approximate surface area is 76.5 Å². The third-order valence-corrected chi connectivity index (χ3v) is 3.41. The van der Waals surface area contributed by atoms with Crippen molar-refractivity contribution in [3.63, 3.8) is 0 Å². The van der Waals surface area contributed by atoms with Gasteiger partial charge in [0, 0.05) is 5.25 Å². The number of rotatable bonds is 3. The fourth-order valence-corrected chi connectivity index (χ4v) is 1.36. The summed E-state index contributed by atoms with van der Waals surface area (Å²) in [5, 5.41) is 0.432. The molecule has 1 heteroatoms. The molecule has 0 aliphatic carbocycles. The van der Waals surface area contributed by atoms with E-state index in [2.05, 4.69) is 53.8 Å². The molecule has 0 saturated heterocycles. The second kappa shape index (κ2) is 3.66. The molecule has 0 fully saturated rings. The molecule has 0 saturated carbocycles. The lowest BCUT2D eigenvalue weighted by Gasteiger charge is -2.34. The summed E-state index contributed by atoms with van der Waals surface area (Å²) in [4.78, 5) is 0. The summed E-state index contributed by atoms with van der Waals surface area (Å²) in [6, 6.07) is 0. The second-order valence-corrected chi connectivity index (χ2v) is 4.85. The Balaban J connectivity index is 4.42. The van der Waals surface area contributed by atoms with E-state index < -0.39 is 0 Å². The van der Waals surface area contributed by atoms with Crippen LogP contribution >= 0.6 is 12.6 Å². The van der Waals surface area contributed by atoms with Gasteiger partial charge in [0.2, 0.25) is 0 Å². The van der Waals surface area contributed by atoms with Crippen LogP contribution in [0.5, 0.6) is 0 Å². The smallest absolute Gasteiger partial charge is 0.00222 e. The molecule has 0 aliphatic rings. The van der Waals surface area contributed by atoms with E-state index in [1.165, 1.54) is 5.57 Å². The first kappa shape index (κ1) is 11.1. The first-order valence-corrected chi connectivity index (χ1v) is 4.65. The molecule has 66 valence electrons. The van der Waals surface area contributed by atoms with Crippen molar-refractivity contribution >= 4 is 12.6 Å². The van der Waals surface area contributed by atoms with Crippen molar-refractivity contribution in [2.45, 2.75) is 39.9 Å². The van der Waals surface area contributed by atoms with Gasteiger partial charge in [0.1, 0.15) is 0 Å². The van der Waals surface area contributed by atoms with Gasteiger partial charge in [0.25, 0.3) is 0 Å². The maximum absolute atomic E-state index is 4.44. The van der Waals surface area contributed by atoms with E-state index in [0.29, 0.717) is 11.2 Å². The summed E-state index contributed by atoms with van der Waals surface area (Å²) in [5.74, 6) is 0.573. The molecule has 2 unspecified atom stereocenters. The number of hydrogen-bond acceptors (Lipinski definition) is 1. The highest BCUT2D eigenvalue weighted by Crippen LogP contribution is 2.36. The summed E-state index contributed by atoms with van der Waals surface area (Å²) in [7, 11) is 0. The number of thiol groups is 1. The minimum atomic E-state index is 0.209. The van der Waals surface area contributed by atoms with Gasteiger partial charge in [-0.3, -0.25) is 0 Å². The lowest BCUT2D eigenvalue weighted by atomic mass is 9.74. The van der Waals surface area contributed by atoms with Gasteiger partial charge in [-0.05, 0) is 18.3 Å². The highest BCUT2D eigenvalue weighted by Gasteiger charge is 2.28. The predicted octanol–water partition coefficient (Wildman–Crippen LogP) is 3.54. The van der Waals surface area contributed by atoms with Crippen LogP contribution in [0.3, 0.4) is 0 Å². The van der Waals surface area contributed by atoms with E-state index in [0.717, 1.165) is 0 Å². The topological polar surface area (TPSA) is 0 Å². The molecule has 0 radical (unpaired) electrons. The molecule has 0 spiro atoms. The lowest BCUT2D eigenvalue weighted by molar-refractivity contribution is 0.287. The van der Waals surface area contributed by atoms with Gasteiger partial charge in [-0.25, -0.2) is 0 Å². The Morgan fingerprint density at radius 1 is 1.36 bits per heavy atom. The molecule has 0 rings (SSSR count). The normalized spacial score (nSPS) is 17.6. The Bertz CT molecular complexity index is 145. The van der Waals surface area contributed by atoms with Gasteiger partial charge in [-0.15, -0.1) is 0 Å². The summed E-state index contributed by atoms with van der Waals surface area (Å²) in [6.45, 7) is 14.9. The fourth-order valence-electron chi connectivity index (χ4n) is 0.992. The molecule has 0 heterocycles. The van der Waals surface area contributed by atoms with Crippen LogP contribution in [0.15, 0.2) is 12.2 Å². The molecule has 0 amide bonds. The zero-order valence-corrected chi connectivity index (χ0v) is 9.20. The first-order chi connectivity index (χ1) is 4.80. The molecular formula is C10H20S. The second-order valence-electron chi connectivity index (χ2n) is 4.03. The van der Waals surface area contributed by atoms with Crippen LogP contribution in [-0.4, -0.2) is 5.25 Å². The standard InChI is InChI=1S/C10H20S/c1-7(2)10(5,6)8(3)9(4)11/h8-9,11H,1H2,2-6H3. The van der Waals surface area contributed by atoms with E-state index in [9.17, 15) is 0 Å². The van der Waals surface area contributed by atoms with Crippen molar-refractivity contribution in [1.29, 1.82) is 0 Å². The molecule has 0 bridgehead atoms. The fraction of sp³-hybridized carbons (Fsp3) is 0.800. The molecule has 0 nitrogen and oxygen atoms in total. The van der Waals surface area contributed by atoms with Crippen molar-refractivity contribution in [1.82, 2.24) is 0 Å². The van der Waals surface area contributed by atoms with Crippen molar-refractivity contribution in [3.8, 4) is 0 Å². The Kier molecular flexibility index (Phi) is 3.69. The maximum Gasteiger partial charge on any atom is 0.00222 e. The molecule has 0 aromatic rings. The van der Waals surface area contributed by atoms with Crippen LogP contribution in [0, 0.1) is 11.3 Å². The van der Waals surface area contributed by atoms with E-state index >= 15 is 0 Å². The Morgan fingerprint density at radius 3 is 1.82 bits per heavy atom. The molecule has 2 atom stereocenters. The van der Waals surface area contributed by atoms with Crippen LogP contribution in [0.25, 0.3) is 0 Å². The van der Waals surface area contributed by atoms with Crippen molar-refractivity contribution in [3.05, 3.63) is 12.2 Å². The maximum atomic E-state index is 4.44. The zero-order valence-electron chi connectivity index (χ0n) is 8.31. The van der Waals surface area contributed by atoms with Crippen molar-refractivity contribution in [2.24, 2.45) is 11.3 Å². The molecule has 0 aromatic heterocycles. The molecule has 0 N–H and O–H groups in total. The molecule has 0 aromatic carbocycles. The average Bonchev–Trinajstić information content (AvgIpc) is 1.85. The van der Waals surface area contributed by atoms with Gasteiger partial charge in [-0.2, -0.15) is 12.6 Å². The highest BCUT2D eigenvalue weighted by atomic mass is 32.1. The van der Waals surface area contributed by atoms with Gasteiger partial charge in [-0.1, -0.05) is 39.8 Å². The quantitative estimate of drug-likeness (QED) is 0.488. The summed E-state index contributed by atoms with van der Waals surface area (Å²) in [5.41, 5.74) is 1.45. The van der Waals surface area contributed by atoms with Crippen LogP contribution in [-0.2, 0) is 0 Å². The molecule has 0 aliphatic heterocycles. The predicted molar refractivity (Wildman–Crippen MR) is 56.2 cm³/mol. The third-order valence-electron chi connectivity index (χ3n) is 2.96. The van der Waals surface area contributed by atoms with E-state index in [1.54, 1.807) is 0 Å². The van der Waals surface area contributed by atoms with Crippen LogP contribution in [0.4, 0.5) is 0 Å². The van der Waals surface area contributed by atoms with Crippen molar-refractivity contribution in [2.75, 3.05) is 0 Å². The van der Waals surface area contributed by atoms with Crippen molar-refractivity contribution < 1.29 is 0 Å². The van der Waals surface area contributed by atoms with Crippen LogP contribution < -0.4 is 0 Å². The number of hydrogen-bond donors (Lipinski definition) is 1. The highest BCUT2D eigenvalue weighted by molar-refractivity contribution is 7.80. The molecular weight excluding hydrogens is 152 g/mol. The summed E-state index contributed by atoms with van der Waals surface area (Å²) >= 11 is 4.44. The van der Waals surface area contributed by atoms with Gasteiger partial charge >= 0.3 is 0 Å². The minimum absolute atomic E-state index is 0.209. The third kappa shape index (κ3) is 2.55. The minimum Gasteiger partial charge on any atom is -0.176 e. The van der Waals surface area contributed by atoms with Crippen LogP contribution in [0.2, 0.25) is 0 Å². The number of allylic oxidation sites excluding steroid dienone is 1. The van der Waals surface area contributed by atoms with E-state index in [4.69, 9.17) is 0 Å². The summed E-state index contributed by atoms with van der Waals surface area (Å²) in [6.07, 6.45) is 0. The zero-order chi connectivity index (χ0) is 9.23. The Morgan fingerprint density at radius 2 is 1.73 bits per heavy atom. The van der Waals surface area contributed by atoms with E-state index in [1.807, 2.05) is 0 Å². The summed E-state index contributed by atoms with van der Waals surface area (Å²) < 4.78 is 0. The van der Waals surface area contributed by atoms with Gasteiger partial charge in [0.15, 0.2) is 0 Å². The van der Waals surface area contributed by atoms with Gasteiger partial charge in [0.05, 0.1) is 0 Å². The van der Waals surface area contributed by atoms with Gasteiger partial charge < -0.3 is 0 Å². The lowest BCUT2D eigenvalue weighted by Crippen LogP contribution is -2.28.